The largest absolute Gasteiger partial charge is 0.287 e. The average molecular weight is 260 g/mol. The van der Waals surface area contributed by atoms with Crippen molar-refractivity contribution in [2.24, 2.45) is 7.05 Å². The van der Waals surface area contributed by atoms with Gasteiger partial charge in [0.05, 0.1) is 0 Å². The summed E-state index contributed by atoms with van der Waals surface area (Å²) < 4.78 is 1.54. The lowest BCUT2D eigenvalue weighted by molar-refractivity contribution is -0.109. The molecule has 0 aliphatic heterocycles. The number of ketones is 1. The van der Waals surface area contributed by atoms with E-state index in [2.05, 4.69) is 5.10 Å². The van der Waals surface area contributed by atoms with E-state index in [9.17, 15) is 9.59 Å². The molecule has 1 aromatic heterocycles. The third-order valence-corrected chi connectivity index (χ3v) is 3.23. The van der Waals surface area contributed by atoms with Crippen LogP contribution in [0.3, 0.4) is 0 Å². The predicted octanol–water partition coefficient (Wildman–Crippen LogP) is 2.29. The molecule has 4 nitrogen and oxygen atoms in total. The van der Waals surface area contributed by atoms with Crippen LogP contribution in [-0.4, -0.2) is 20.7 Å². The van der Waals surface area contributed by atoms with Crippen molar-refractivity contribution >= 4 is 22.7 Å². The number of aromatic nitrogens is 2. The maximum Gasteiger partial charge on any atom is 0.211 e. The molecule has 0 spiro atoms. The fourth-order valence-electron chi connectivity index (χ4n) is 1.58. The zero-order valence-corrected chi connectivity index (χ0v) is 10.9. The molecule has 0 aliphatic rings. The third-order valence-electron chi connectivity index (χ3n) is 2.43. The fraction of sp³-hybridized carbons (Fsp3) is 0.154. The molecule has 0 atom stereocenters. The molecule has 0 amide bonds. The molecule has 0 fully saturated rings. The first kappa shape index (κ1) is 12.6. The molecule has 0 saturated carbocycles. The summed E-state index contributed by atoms with van der Waals surface area (Å²) in [5, 5.41) is 4.00. The monoisotopic (exact) mass is 260 g/mol. The molecule has 0 aliphatic carbocycles. The van der Waals surface area contributed by atoms with Gasteiger partial charge >= 0.3 is 0 Å². The zero-order valence-electron chi connectivity index (χ0n) is 10.1. The topological polar surface area (TPSA) is 52.0 Å². The number of rotatable bonds is 3. The van der Waals surface area contributed by atoms with Crippen molar-refractivity contribution in [1.29, 1.82) is 0 Å². The Morgan fingerprint density at radius 3 is 2.33 bits per heavy atom. The minimum atomic E-state index is -0.0747. The predicted molar refractivity (Wildman–Crippen MR) is 69.6 cm³/mol. The summed E-state index contributed by atoms with van der Waals surface area (Å²) in [7, 11) is 1.73. The minimum Gasteiger partial charge on any atom is -0.287 e. The average Bonchev–Trinajstić information content (AvgIpc) is 2.75. The maximum absolute atomic E-state index is 12.1. The lowest BCUT2D eigenvalue weighted by Crippen LogP contribution is -2.07. The molecule has 1 aromatic carbocycles. The van der Waals surface area contributed by atoms with Crippen LogP contribution in [0.1, 0.15) is 23.0 Å². The van der Waals surface area contributed by atoms with E-state index in [1.54, 1.807) is 48.3 Å². The van der Waals surface area contributed by atoms with Crippen molar-refractivity contribution in [2.75, 3.05) is 0 Å². The van der Waals surface area contributed by atoms with Gasteiger partial charge in [0.15, 0.2) is 5.12 Å². The van der Waals surface area contributed by atoms with Crippen LogP contribution >= 0.6 is 11.8 Å². The first-order chi connectivity index (χ1) is 8.58. The van der Waals surface area contributed by atoms with Crippen molar-refractivity contribution in [3.8, 4) is 0 Å². The Morgan fingerprint density at radius 1 is 1.17 bits per heavy atom. The SMILES string of the molecule is CC(=O)Sc1ccc(C(=O)c2ccnn2C)cc1. The first-order valence-electron chi connectivity index (χ1n) is 5.39. The van der Waals surface area contributed by atoms with Crippen LogP contribution in [0.5, 0.6) is 0 Å². The Balaban J connectivity index is 2.22. The highest BCUT2D eigenvalue weighted by atomic mass is 32.2. The molecule has 0 radical (unpaired) electrons. The van der Waals surface area contributed by atoms with Gasteiger partial charge < -0.3 is 0 Å². The molecule has 92 valence electrons. The maximum atomic E-state index is 12.1. The van der Waals surface area contributed by atoms with Gasteiger partial charge in [0, 0.05) is 30.6 Å². The summed E-state index contributed by atoms with van der Waals surface area (Å²) in [6.45, 7) is 1.51. The highest BCUT2D eigenvalue weighted by molar-refractivity contribution is 8.13. The number of benzene rings is 1. The second kappa shape index (κ2) is 5.18. The lowest BCUT2D eigenvalue weighted by Gasteiger charge is -2.02. The highest BCUT2D eigenvalue weighted by Gasteiger charge is 2.12. The van der Waals surface area contributed by atoms with Crippen LogP contribution < -0.4 is 0 Å². The zero-order chi connectivity index (χ0) is 13.1. The van der Waals surface area contributed by atoms with E-state index in [0.29, 0.717) is 11.3 Å². The van der Waals surface area contributed by atoms with E-state index in [0.717, 1.165) is 16.7 Å². The number of thioether (sulfide) groups is 1. The molecular formula is C13H12N2O2S. The Kier molecular flexibility index (Phi) is 3.62. The molecule has 2 aromatic rings. The summed E-state index contributed by atoms with van der Waals surface area (Å²) in [5.74, 6) is -0.0747. The summed E-state index contributed by atoms with van der Waals surface area (Å²) in [6, 6.07) is 8.67. The summed E-state index contributed by atoms with van der Waals surface area (Å²) in [6.07, 6.45) is 1.59. The van der Waals surface area contributed by atoms with Crippen molar-refractivity contribution in [2.45, 2.75) is 11.8 Å². The Bertz CT molecular complexity index is 587. The van der Waals surface area contributed by atoms with E-state index in [1.807, 2.05) is 0 Å². The van der Waals surface area contributed by atoms with Crippen LogP contribution in [-0.2, 0) is 11.8 Å². The van der Waals surface area contributed by atoms with Gasteiger partial charge in [0.2, 0.25) is 5.78 Å². The second-order valence-corrected chi connectivity index (χ2v) is 5.04. The second-order valence-electron chi connectivity index (χ2n) is 3.79. The van der Waals surface area contributed by atoms with E-state index >= 15 is 0 Å². The van der Waals surface area contributed by atoms with Crippen LogP contribution in [0, 0.1) is 0 Å². The van der Waals surface area contributed by atoms with E-state index in [4.69, 9.17) is 0 Å². The van der Waals surface area contributed by atoms with E-state index < -0.39 is 0 Å². The molecule has 18 heavy (non-hydrogen) atoms. The van der Waals surface area contributed by atoms with Gasteiger partial charge in [0.25, 0.3) is 0 Å². The Morgan fingerprint density at radius 2 is 1.83 bits per heavy atom. The van der Waals surface area contributed by atoms with Crippen LogP contribution in [0.15, 0.2) is 41.4 Å². The molecule has 1 heterocycles. The van der Waals surface area contributed by atoms with Crippen LogP contribution in [0.25, 0.3) is 0 Å². The molecule has 0 unspecified atom stereocenters. The lowest BCUT2D eigenvalue weighted by atomic mass is 10.1. The highest BCUT2D eigenvalue weighted by Crippen LogP contribution is 2.20. The smallest absolute Gasteiger partial charge is 0.211 e. The molecule has 0 bridgehead atoms. The van der Waals surface area contributed by atoms with E-state index in [1.165, 1.54) is 6.92 Å². The number of carbonyl (C=O) groups is 2. The van der Waals surface area contributed by atoms with Crippen molar-refractivity contribution in [3.63, 3.8) is 0 Å². The van der Waals surface area contributed by atoms with Crippen molar-refractivity contribution in [1.82, 2.24) is 9.78 Å². The fourth-order valence-corrected chi connectivity index (χ4v) is 2.19. The number of carbonyl (C=O) groups excluding carboxylic acids is 2. The standard InChI is InChI=1S/C13H12N2O2S/c1-9(16)18-11-5-3-10(4-6-11)13(17)12-7-8-14-15(12)2/h3-8H,1-2H3. The normalized spacial score (nSPS) is 10.3. The number of aryl methyl sites for hydroxylation is 1. The Labute approximate surface area is 109 Å². The minimum absolute atomic E-state index is 0.0284. The van der Waals surface area contributed by atoms with Crippen molar-refractivity contribution < 1.29 is 9.59 Å². The number of hydrogen-bond donors (Lipinski definition) is 0. The van der Waals surface area contributed by atoms with Gasteiger partial charge in [0.1, 0.15) is 5.69 Å². The van der Waals surface area contributed by atoms with Crippen LogP contribution in [0.4, 0.5) is 0 Å². The van der Waals surface area contributed by atoms with Crippen LogP contribution in [0.2, 0.25) is 0 Å². The molecular weight excluding hydrogens is 248 g/mol. The van der Waals surface area contributed by atoms with Crippen molar-refractivity contribution in [3.05, 3.63) is 47.8 Å². The summed E-state index contributed by atoms with van der Waals surface area (Å²) in [5.41, 5.74) is 1.13. The molecule has 5 heteroatoms. The molecule has 0 saturated heterocycles. The van der Waals surface area contributed by atoms with Gasteiger partial charge in [-0.15, -0.1) is 0 Å². The Hall–Kier alpha value is -1.88. The third kappa shape index (κ3) is 2.68. The van der Waals surface area contributed by atoms with Gasteiger partial charge in [-0.05, 0) is 30.3 Å². The number of hydrogen-bond acceptors (Lipinski definition) is 4. The van der Waals surface area contributed by atoms with Gasteiger partial charge in [-0.2, -0.15) is 5.10 Å². The van der Waals surface area contributed by atoms with E-state index in [-0.39, 0.29) is 10.9 Å². The molecule has 2 rings (SSSR count). The summed E-state index contributed by atoms with van der Waals surface area (Å²) in [4.78, 5) is 23.9. The first-order valence-corrected chi connectivity index (χ1v) is 6.21. The van der Waals surface area contributed by atoms with Gasteiger partial charge in [-0.3, -0.25) is 14.3 Å². The number of nitrogens with zero attached hydrogens (tertiary/aromatic N) is 2. The summed E-state index contributed by atoms with van der Waals surface area (Å²) >= 11 is 1.15. The van der Waals surface area contributed by atoms with Gasteiger partial charge in [-0.25, -0.2) is 0 Å². The quantitative estimate of drug-likeness (QED) is 0.627. The van der Waals surface area contributed by atoms with Gasteiger partial charge in [-0.1, -0.05) is 11.8 Å². The molecule has 0 N–H and O–H groups in total.